The van der Waals surface area contributed by atoms with Crippen LogP contribution in [0.1, 0.15) is 22.2 Å². The third-order valence-electron chi connectivity index (χ3n) is 2.86. The maximum atomic E-state index is 12.0. The van der Waals surface area contributed by atoms with Crippen molar-refractivity contribution >= 4 is 40.0 Å². The number of benzene rings is 1. The Balaban J connectivity index is 1.99. The largest absolute Gasteiger partial charge is 0.463 e. The fourth-order valence-electron chi connectivity index (χ4n) is 1.77. The van der Waals surface area contributed by atoms with E-state index in [1.165, 1.54) is 18.2 Å². The lowest BCUT2D eigenvalue weighted by atomic mass is 10.2. The van der Waals surface area contributed by atoms with E-state index in [2.05, 4.69) is 5.32 Å². The fourth-order valence-corrected chi connectivity index (χ4v) is 2.49. The highest BCUT2D eigenvalue weighted by Gasteiger charge is 2.15. The number of esters is 1. The zero-order chi connectivity index (χ0) is 17.5. The molecule has 2 rings (SSSR count). The van der Waals surface area contributed by atoms with Crippen molar-refractivity contribution in [3.05, 3.63) is 63.0 Å². The molecule has 1 amide bonds. The second kappa shape index (κ2) is 8.02. The average molecular weight is 346 g/mol. The first-order chi connectivity index (χ1) is 11.5. The van der Waals surface area contributed by atoms with Crippen LogP contribution in [0, 0.1) is 10.1 Å². The summed E-state index contributed by atoms with van der Waals surface area (Å²) in [7, 11) is 0. The van der Waals surface area contributed by atoms with Gasteiger partial charge in [0.15, 0.2) is 0 Å². The molecule has 0 bridgehead atoms. The van der Waals surface area contributed by atoms with Crippen LogP contribution in [0.3, 0.4) is 0 Å². The van der Waals surface area contributed by atoms with Crippen molar-refractivity contribution in [2.75, 3.05) is 11.9 Å². The summed E-state index contributed by atoms with van der Waals surface area (Å²) in [6, 6.07) is 9.50. The van der Waals surface area contributed by atoms with Crippen LogP contribution in [0.15, 0.2) is 42.5 Å². The normalized spacial score (nSPS) is 10.5. The van der Waals surface area contributed by atoms with Gasteiger partial charge in [-0.2, -0.15) is 0 Å². The summed E-state index contributed by atoms with van der Waals surface area (Å²) in [5.41, 5.74) is 1.32. The molecule has 0 aliphatic rings. The van der Waals surface area contributed by atoms with Gasteiger partial charge in [0.1, 0.15) is 0 Å². The number of amides is 1. The fraction of sp³-hybridized carbons (Fsp3) is 0.125. The predicted octanol–water partition coefficient (Wildman–Crippen LogP) is 3.48. The second-order valence-corrected chi connectivity index (χ2v) is 5.62. The van der Waals surface area contributed by atoms with E-state index in [4.69, 9.17) is 4.74 Å². The lowest BCUT2D eigenvalue weighted by molar-refractivity contribution is -0.380. The summed E-state index contributed by atoms with van der Waals surface area (Å²) in [5, 5.41) is 13.2. The average Bonchev–Trinajstić information content (AvgIpc) is 3.05. The Morgan fingerprint density at radius 2 is 1.96 bits per heavy atom. The molecular weight excluding hydrogens is 332 g/mol. The first-order valence-electron chi connectivity index (χ1n) is 7.00. The van der Waals surface area contributed by atoms with Crippen molar-refractivity contribution in [2.45, 2.75) is 6.92 Å². The molecule has 24 heavy (non-hydrogen) atoms. The molecule has 2 aromatic rings. The maximum absolute atomic E-state index is 12.0. The number of carbonyl (C=O) groups excluding carboxylic acids is 2. The molecule has 0 aliphatic carbocycles. The lowest BCUT2D eigenvalue weighted by Crippen LogP contribution is -2.09. The molecule has 1 heterocycles. The molecule has 124 valence electrons. The third-order valence-corrected chi connectivity index (χ3v) is 3.90. The van der Waals surface area contributed by atoms with Gasteiger partial charge in [-0.3, -0.25) is 14.9 Å². The highest BCUT2D eigenvalue weighted by molar-refractivity contribution is 7.17. The first-order valence-corrected chi connectivity index (χ1v) is 7.81. The van der Waals surface area contributed by atoms with Gasteiger partial charge in [-0.1, -0.05) is 23.5 Å². The molecule has 7 nitrogen and oxygen atoms in total. The Bertz CT molecular complexity index is 780. The van der Waals surface area contributed by atoms with E-state index in [0.717, 1.165) is 16.9 Å². The quantitative estimate of drug-likeness (QED) is 0.374. The number of nitrogens with zero attached hydrogens (tertiary/aromatic N) is 1. The zero-order valence-electron chi connectivity index (χ0n) is 12.7. The van der Waals surface area contributed by atoms with Gasteiger partial charge in [-0.25, -0.2) is 4.79 Å². The first kappa shape index (κ1) is 17.4. The van der Waals surface area contributed by atoms with Gasteiger partial charge in [0.2, 0.25) is 0 Å². The summed E-state index contributed by atoms with van der Waals surface area (Å²) in [4.78, 5) is 33.6. The van der Waals surface area contributed by atoms with E-state index in [1.54, 1.807) is 37.3 Å². The Morgan fingerprint density at radius 1 is 1.25 bits per heavy atom. The molecule has 0 radical (unpaired) electrons. The number of nitro groups is 1. The summed E-state index contributed by atoms with van der Waals surface area (Å²) in [6.45, 7) is 2.04. The molecule has 1 aromatic carbocycles. The molecule has 0 aliphatic heterocycles. The van der Waals surface area contributed by atoms with Gasteiger partial charge >= 0.3 is 11.0 Å². The highest BCUT2D eigenvalue weighted by Crippen LogP contribution is 2.24. The molecule has 0 spiro atoms. The maximum Gasteiger partial charge on any atom is 0.330 e. The monoisotopic (exact) mass is 346 g/mol. The molecule has 8 heteroatoms. The number of rotatable bonds is 6. The van der Waals surface area contributed by atoms with Crippen LogP contribution in [0.4, 0.5) is 10.7 Å². The summed E-state index contributed by atoms with van der Waals surface area (Å²) < 4.78 is 4.78. The minimum absolute atomic E-state index is 0.0837. The van der Waals surface area contributed by atoms with Crippen molar-refractivity contribution in [2.24, 2.45) is 0 Å². The molecule has 0 fully saturated rings. The van der Waals surface area contributed by atoms with Crippen LogP contribution in [-0.2, 0) is 9.53 Å². The molecule has 0 saturated carbocycles. The van der Waals surface area contributed by atoms with Crippen molar-refractivity contribution < 1.29 is 19.2 Å². The number of hydrogen-bond acceptors (Lipinski definition) is 6. The minimum Gasteiger partial charge on any atom is -0.463 e. The minimum atomic E-state index is -0.536. The van der Waals surface area contributed by atoms with Crippen molar-refractivity contribution in [1.29, 1.82) is 0 Å². The van der Waals surface area contributed by atoms with Crippen LogP contribution in [0.25, 0.3) is 6.08 Å². The number of nitrogens with one attached hydrogen (secondary N) is 1. The highest BCUT2D eigenvalue weighted by atomic mass is 32.1. The summed E-state index contributed by atoms with van der Waals surface area (Å²) in [6.07, 6.45) is 2.92. The van der Waals surface area contributed by atoms with Crippen LogP contribution >= 0.6 is 11.3 Å². The van der Waals surface area contributed by atoms with Gasteiger partial charge in [-0.05, 0) is 36.8 Å². The molecule has 0 atom stereocenters. The predicted molar refractivity (Wildman–Crippen MR) is 91.0 cm³/mol. The van der Waals surface area contributed by atoms with E-state index in [9.17, 15) is 19.7 Å². The Kier molecular flexibility index (Phi) is 5.80. The Morgan fingerprint density at radius 3 is 2.54 bits per heavy atom. The number of thiophene rings is 1. The van der Waals surface area contributed by atoms with Crippen LogP contribution in [0.5, 0.6) is 0 Å². The topological polar surface area (TPSA) is 98.5 Å². The molecule has 1 aromatic heterocycles. The number of anilines is 1. The van der Waals surface area contributed by atoms with Gasteiger partial charge in [0, 0.05) is 17.8 Å². The van der Waals surface area contributed by atoms with Crippen molar-refractivity contribution in [1.82, 2.24) is 0 Å². The molecule has 0 saturated heterocycles. The molecular formula is C16H14N2O5S. The molecule has 1 N–H and O–H groups in total. The summed E-state index contributed by atoms with van der Waals surface area (Å²) in [5.74, 6) is -0.836. The summed E-state index contributed by atoms with van der Waals surface area (Å²) >= 11 is 0.814. The van der Waals surface area contributed by atoms with Crippen molar-refractivity contribution in [3.8, 4) is 0 Å². The number of hydrogen-bond donors (Lipinski definition) is 1. The lowest BCUT2D eigenvalue weighted by Gasteiger charge is -2.03. The SMILES string of the molecule is CCOC(=O)/C=C/c1ccc(NC(=O)c2ccc([N+](=O)[O-])s2)cc1. The van der Waals surface area contributed by atoms with E-state index >= 15 is 0 Å². The standard InChI is InChI=1S/C16H14N2O5S/c1-2-23-15(19)10-5-11-3-6-12(7-4-11)17-16(20)13-8-9-14(24-13)18(21)22/h3-10H,2H2,1H3,(H,17,20)/b10-5+. The van der Waals surface area contributed by atoms with Gasteiger partial charge in [0.05, 0.1) is 16.4 Å². The van der Waals surface area contributed by atoms with Crippen LogP contribution in [0.2, 0.25) is 0 Å². The van der Waals surface area contributed by atoms with E-state index in [0.29, 0.717) is 12.3 Å². The van der Waals surface area contributed by atoms with E-state index in [1.807, 2.05) is 0 Å². The van der Waals surface area contributed by atoms with E-state index < -0.39 is 16.8 Å². The Hall–Kier alpha value is -3.00. The molecule has 0 unspecified atom stereocenters. The van der Waals surface area contributed by atoms with E-state index in [-0.39, 0.29) is 9.88 Å². The van der Waals surface area contributed by atoms with Crippen LogP contribution < -0.4 is 5.32 Å². The number of ether oxygens (including phenoxy) is 1. The van der Waals surface area contributed by atoms with Gasteiger partial charge in [0.25, 0.3) is 5.91 Å². The Labute approximate surface area is 141 Å². The van der Waals surface area contributed by atoms with Gasteiger partial charge in [-0.15, -0.1) is 0 Å². The van der Waals surface area contributed by atoms with Crippen LogP contribution in [-0.4, -0.2) is 23.4 Å². The number of carbonyl (C=O) groups is 2. The van der Waals surface area contributed by atoms with Crippen molar-refractivity contribution in [3.63, 3.8) is 0 Å². The third kappa shape index (κ3) is 4.75. The zero-order valence-corrected chi connectivity index (χ0v) is 13.5. The second-order valence-electron chi connectivity index (χ2n) is 4.56. The van der Waals surface area contributed by atoms with Gasteiger partial charge < -0.3 is 10.1 Å². The smallest absolute Gasteiger partial charge is 0.330 e.